The summed E-state index contributed by atoms with van der Waals surface area (Å²) in [6, 6.07) is 8.49. The number of benzene rings is 1. The van der Waals surface area contributed by atoms with Crippen LogP contribution in [-0.4, -0.2) is 94.3 Å². The van der Waals surface area contributed by atoms with Crippen molar-refractivity contribution >= 4 is 28.3 Å². The highest BCUT2D eigenvalue weighted by Gasteiger charge is 2.34. The minimum atomic E-state index is -1.01. The number of nitriles is 1. The van der Waals surface area contributed by atoms with Crippen LogP contribution in [0.3, 0.4) is 0 Å². The Morgan fingerprint density at radius 3 is 2.86 bits per heavy atom. The molecule has 1 aromatic carbocycles. The van der Waals surface area contributed by atoms with Gasteiger partial charge in [-0.2, -0.15) is 20.3 Å². The van der Waals surface area contributed by atoms with E-state index in [9.17, 15) is 14.4 Å². The average molecular weight is 574 g/mol. The number of amides is 1. The third-order valence-corrected chi connectivity index (χ3v) is 8.73. The first-order valence-electron chi connectivity index (χ1n) is 14.6. The molecule has 0 aliphatic carbocycles. The van der Waals surface area contributed by atoms with Crippen molar-refractivity contribution in [3.63, 3.8) is 0 Å². The number of piperazine rings is 1. The highest BCUT2D eigenvalue weighted by molar-refractivity contribution is 5.92. The maximum Gasteiger partial charge on any atom is 0.318 e. The number of ether oxygens (including phenoxy) is 1. The zero-order chi connectivity index (χ0) is 29.2. The Bertz CT molecular complexity index is 1520. The third kappa shape index (κ3) is 5.48. The van der Waals surface area contributed by atoms with E-state index in [-0.39, 0.29) is 13.0 Å². The first kappa shape index (κ1) is 27.9. The molecular formula is C30H36FN9O2. The Morgan fingerprint density at radius 2 is 2.07 bits per heavy atom. The molecule has 0 spiro atoms. The summed E-state index contributed by atoms with van der Waals surface area (Å²) in [4.78, 5) is 30.6. The number of aromatic amines is 1. The number of H-pyrrole nitrogens is 1. The highest BCUT2D eigenvalue weighted by Crippen LogP contribution is 2.34. The van der Waals surface area contributed by atoms with Gasteiger partial charge in [-0.3, -0.25) is 9.89 Å². The van der Waals surface area contributed by atoms with E-state index in [4.69, 9.17) is 14.7 Å². The van der Waals surface area contributed by atoms with Crippen LogP contribution in [0.15, 0.2) is 36.8 Å². The molecule has 42 heavy (non-hydrogen) atoms. The molecule has 11 nitrogen and oxygen atoms in total. The molecule has 6 rings (SSSR count). The van der Waals surface area contributed by atoms with Crippen LogP contribution in [0.1, 0.15) is 36.9 Å². The van der Waals surface area contributed by atoms with E-state index >= 15 is 0 Å². The molecule has 0 saturated carbocycles. The molecule has 1 amide bonds. The number of carbonyl (C=O) groups is 1. The SMILES string of the molecule is C=C(F)C(=O)N1CCN(c2nc(OC[C@@H]3CCCN3C)nc3c2CCCN(c2cccc4[nH]ncc24)C3)C[C@@H]1CC#N. The molecule has 3 aromatic rings. The lowest BCUT2D eigenvalue weighted by molar-refractivity contribution is -0.131. The van der Waals surface area contributed by atoms with Gasteiger partial charge in [0.05, 0.1) is 42.5 Å². The molecular weight excluding hydrogens is 537 g/mol. The van der Waals surface area contributed by atoms with Crippen LogP contribution in [0.2, 0.25) is 0 Å². The number of carbonyl (C=O) groups excluding carboxylic acids is 1. The number of hydrogen-bond donors (Lipinski definition) is 1. The number of rotatable bonds is 7. The van der Waals surface area contributed by atoms with Crippen LogP contribution >= 0.6 is 0 Å². The lowest BCUT2D eigenvalue weighted by Crippen LogP contribution is -2.55. The Labute approximate surface area is 244 Å². The zero-order valence-electron chi connectivity index (χ0n) is 23.9. The summed E-state index contributed by atoms with van der Waals surface area (Å²) in [5, 5.41) is 17.9. The number of hydrogen-bond acceptors (Lipinski definition) is 9. The van der Waals surface area contributed by atoms with Crippen molar-refractivity contribution in [2.45, 2.75) is 50.7 Å². The van der Waals surface area contributed by atoms with Gasteiger partial charge in [0.25, 0.3) is 5.91 Å². The first-order chi connectivity index (χ1) is 20.4. The number of halogens is 1. The number of anilines is 2. The van der Waals surface area contributed by atoms with E-state index in [1.165, 1.54) is 4.90 Å². The number of fused-ring (bicyclic) bond motifs is 2. The van der Waals surface area contributed by atoms with Gasteiger partial charge >= 0.3 is 6.01 Å². The van der Waals surface area contributed by atoms with Gasteiger partial charge < -0.3 is 24.3 Å². The molecule has 2 aromatic heterocycles. The Kier molecular flexibility index (Phi) is 7.93. The molecule has 2 saturated heterocycles. The second kappa shape index (κ2) is 11.9. The summed E-state index contributed by atoms with van der Waals surface area (Å²) in [7, 11) is 2.11. The molecule has 5 heterocycles. The molecule has 0 bridgehead atoms. The minimum absolute atomic E-state index is 0.0860. The highest BCUT2D eigenvalue weighted by atomic mass is 19.1. The van der Waals surface area contributed by atoms with Crippen LogP contribution in [0.5, 0.6) is 6.01 Å². The zero-order valence-corrected chi connectivity index (χ0v) is 23.9. The summed E-state index contributed by atoms with van der Waals surface area (Å²) in [5.41, 5.74) is 4.03. The summed E-state index contributed by atoms with van der Waals surface area (Å²) in [5.74, 6) is -1.000. The van der Waals surface area contributed by atoms with Crippen molar-refractivity contribution in [1.29, 1.82) is 5.26 Å². The smallest absolute Gasteiger partial charge is 0.318 e. The predicted octanol–water partition coefficient (Wildman–Crippen LogP) is 3.19. The number of likely N-dealkylation sites (tertiary alicyclic amines) is 1. The van der Waals surface area contributed by atoms with Crippen LogP contribution in [0, 0.1) is 11.3 Å². The Balaban J connectivity index is 1.34. The Morgan fingerprint density at radius 1 is 1.19 bits per heavy atom. The van der Waals surface area contributed by atoms with Crippen LogP contribution < -0.4 is 14.5 Å². The van der Waals surface area contributed by atoms with E-state index in [2.05, 4.69) is 50.7 Å². The molecule has 2 fully saturated rings. The molecule has 1 N–H and O–H groups in total. The van der Waals surface area contributed by atoms with Gasteiger partial charge in [-0.15, -0.1) is 0 Å². The number of nitrogens with one attached hydrogen (secondary N) is 1. The monoisotopic (exact) mass is 573 g/mol. The summed E-state index contributed by atoms with van der Waals surface area (Å²) >= 11 is 0. The molecule has 12 heteroatoms. The van der Waals surface area contributed by atoms with E-state index in [0.29, 0.717) is 38.3 Å². The maximum absolute atomic E-state index is 13.8. The van der Waals surface area contributed by atoms with E-state index in [0.717, 1.165) is 72.4 Å². The van der Waals surface area contributed by atoms with Gasteiger partial charge in [0, 0.05) is 48.9 Å². The number of aromatic nitrogens is 4. The van der Waals surface area contributed by atoms with Gasteiger partial charge in [-0.1, -0.05) is 12.6 Å². The second-order valence-electron chi connectivity index (χ2n) is 11.3. The van der Waals surface area contributed by atoms with Crippen molar-refractivity contribution in [1.82, 2.24) is 30.0 Å². The molecule has 220 valence electrons. The fraction of sp³-hybridized carbons (Fsp3) is 0.500. The van der Waals surface area contributed by atoms with Gasteiger partial charge in [0.1, 0.15) is 12.4 Å². The quantitative estimate of drug-likeness (QED) is 0.425. The summed E-state index contributed by atoms with van der Waals surface area (Å²) in [6.45, 7) is 7.23. The van der Waals surface area contributed by atoms with Gasteiger partial charge in [0.2, 0.25) is 0 Å². The van der Waals surface area contributed by atoms with Crippen LogP contribution in [0.25, 0.3) is 10.9 Å². The molecule has 2 atom stereocenters. The third-order valence-electron chi connectivity index (χ3n) is 8.73. The maximum atomic E-state index is 13.8. The molecule has 3 aliphatic heterocycles. The van der Waals surface area contributed by atoms with Crippen LogP contribution in [0.4, 0.5) is 15.9 Å². The van der Waals surface area contributed by atoms with Crippen molar-refractivity contribution in [2.75, 3.05) is 56.2 Å². The number of likely N-dealkylation sites (N-methyl/N-ethyl adjacent to an activating group) is 1. The average Bonchev–Trinajstić information content (AvgIpc) is 3.58. The van der Waals surface area contributed by atoms with Crippen molar-refractivity contribution in [3.05, 3.63) is 48.1 Å². The fourth-order valence-corrected chi connectivity index (χ4v) is 6.46. The first-order valence-corrected chi connectivity index (χ1v) is 14.6. The van der Waals surface area contributed by atoms with E-state index in [1.807, 2.05) is 18.3 Å². The second-order valence-corrected chi connectivity index (χ2v) is 11.3. The molecule has 3 aliphatic rings. The summed E-state index contributed by atoms with van der Waals surface area (Å²) < 4.78 is 20.1. The lowest BCUT2D eigenvalue weighted by Gasteiger charge is -2.41. The summed E-state index contributed by atoms with van der Waals surface area (Å²) in [6.07, 6.45) is 5.83. The normalized spacial score (nSPS) is 21.2. The molecule has 0 unspecified atom stereocenters. The topological polar surface area (TPSA) is 118 Å². The minimum Gasteiger partial charge on any atom is -0.462 e. The Hall–Kier alpha value is -4.24. The van der Waals surface area contributed by atoms with E-state index < -0.39 is 17.8 Å². The largest absolute Gasteiger partial charge is 0.462 e. The van der Waals surface area contributed by atoms with E-state index in [1.54, 1.807) is 0 Å². The van der Waals surface area contributed by atoms with Crippen molar-refractivity contribution in [3.8, 4) is 12.1 Å². The number of nitrogens with zero attached hydrogens (tertiary/aromatic N) is 8. The van der Waals surface area contributed by atoms with Gasteiger partial charge in [-0.25, -0.2) is 4.39 Å². The standard InChI is InChI=1S/C30H36FN9O2/c1-20(31)29(41)40-15-14-39(17-21(40)10-11-32)28-23-7-5-13-38(27-9-3-8-25-24(27)16-33-36-25)18-26(23)34-30(35-28)42-19-22-6-4-12-37(22)2/h3,8-9,16,21-22H,1,4-7,10,12-15,17-19H2,2H3,(H,33,36)/t21-,22-/m0/s1. The van der Waals surface area contributed by atoms with Crippen molar-refractivity contribution < 1.29 is 13.9 Å². The fourth-order valence-electron chi connectivity index (χ4n) is 6.46. The predicted molar refractivity (Wildman–Crippen MR) is 157 cm³/mol. The van der Waals surface area contributed by atoms with Gasteiger partial charge in [0.15, 0.2) is 5.83 Å². The van der Waals surface area contributed by atoms with Gasteiger partial charge in [-0.05, 0) is 51.4 Å². The van der Waals surface area contributed by atoms with Crippen molar-refractivity contribution in [2.24, 2.45) is 0 Å². The molecule has 0 radical (unpaired) electrons. The van der Waals surface area contributed by atoms with Crippen LogP contribution in [-0.2, 0) is 17.8 Å². The lowest BCUT2D eigenvalue weighted by atomic mass is 10.1.